The van der Waals surface area contributed by atoms with E-state index in [-0.39, 0.29) is 11.5 Å². The molecule has 0 saturated heterocycles. The molecule has 6 nitrogen and oxygen atoms in total. The molecule has 2 aromatic carbocycles. The standard InChI is InChI=1S/C18H15N3O3/c1-24-17-10-12(6-7-16(17)22)18(23)21-20-11-13-8-9-19-15-5-3-2-4-14(13)15/h2-11,22H,1H3,(H,21,23). The van der Waals surface area contributed by atoms with Crippen LogP contribution in [0.4, 0.5) is 0 Å². The van der Waals surface area contributed by atoms with Gasteiger partial charge in [0.1, 0.15) is 0 Å². The van der Waals surface area contributed by atoms with Gasteiger partial charge in [0.25, 0.3) is 5.91 Å². The molecule has 0 spiro atoms. The van der Waals surface area contributed by atoms with Gasteiger partial charge in [0.2, 0.25) is 0 Å². The van der Waals surface area contributed by atoms with Gasteiger partial charge in [0.15, 0.2) is 11.5 Å². The minimum atomic E-state index is -0.400. The van der Waals surface area contributed by atoms with E-state index in [1.807, 2.05) is 30.3 Å². The first-order valence-electron chi connectivity index (χ1n) is 7.23. The molecule has 0 aliphatic rings. The Morgan fingerprint density at radius 3 is 2.92 bits per heavy atom. The third-order valence-corrected chi connectivity index (χ3v) is 3.49. The van der Waals surface area contributed by atoms with Crippen LogP contribution in [0.2, 0.25) is 0 Å². The number of phenolic OH excluding ortho intramolecular Hbond substituents is 1. The minimum absolute atomic E-state index is 0.0270. The van der Waals surface area contributed by atoms with Crippen LogP contribution in [0.25, 0.3) is 10.9 Å². The van der Waals surface area contributed by atoms with Gasteiger partial charge < -0.3 is 9.84 Å². The number of nitrogens with one attached hydrogen (secondary N) is 1. The zero-order valence-electron chi connectivity index (χ0n) is 12.9. The number of nitrogens with zero attached hydrogens (tertiary/aromatic N) is 2. The molecule has 120 valence electrons. The predicted molar refractivity (Wildman–Crippen MR) is 91.5 cm³/mol. The number of para-hydroxylation sites is 1. The Morgan fingerprint density at radius 2 is 2.08 bits per heavy atom. The quantitative estimate of drug-likeness (QED) is 0.571. The van der Waals surface area contributed by atoms with E-state index in [9.17, 15) is 9.90 Å². The molecule has 1 aromatic heterocycles. The fourth-order valence-electron chi connectivity index (χ4n) is 2.27. The highest BCUT2D eigenvalue weighted by Crippen LogP contribution is 2.26. The average Bonchev–Trinajstić information content (AvgIpc) is 2.62. The molecule has 0 saturated carbocycles. The van der Waals surface area contributed by atoms with Crippen LogP contribution in [0.15, 0.2) is 59.8 Å². The predicted octanol–water partition coefficient (Wildman–Crippen LogP) is 2.71. The fourth-order valence-corrected chi connectivity index (χ4v) is 2.27. The number of aromatic hydroxyl groups is 1. The zero-order chi connectivity index (χ0) is 16.9. The molecule has 6 heteroatoms. The Balaban J connectivity index is 1.77. The topological polar surface area (TPSA) is 83.8 Å². The average molecular weight is 321 g/mol. The minimum Gasteiger partial charge on any atom is -0.504 e. The molecule has 0 aliphatic heterocycles. The summed E-state index contributed by atoms with van der Waals surface area (Å²) >= 11 is 0. The van der Waals surface area contributed by atoms with Crippen molar-refractivity contribution in [1.29, 1.82) is 0 Å². The Kier molecular flexibility index (Phi) is 4.38. The first-order valence-corrected chi connectivity index (χ1v) is 7.23. The van der Waals surface area contributed by atoms with Crippen molar-refractivity contribution in [2.45, 2.75) is 0 Å². The second kappa shape index (κ2) is 6.78. The summed E-state index contributed by atoms with van der Waals surface area (Å²) in [4.78, 5) is 16.4. The Labute approximate surface area is 138 Å². The lowest BCUT2D eigenvalue weighted by Gasteiger charge is -2.05. The second-order valence-corrected chi connectivity index (χ2v) is 5.00. The van der Waals surface area contributed by atoms with Crippen LogP contribution in [-0.4, -0.2) is 29.3 Å². The van der Waals surface area contributed by atoms with Gasteiger partial charge in [-0.25, -0.2) is 5.43 Å². The van der Waals surface area contributed by atoms with Gasteiger partial charge in [0, 0.05) is 22.7 Å². The van der Waals surface area contributed by atoms with Crippen LogP contribution < -0.4 is 10.2 Å². The van der Waals surface area contributed by atoms with Crippen molar-refractivity contribution in [1.82, 2.24) is 10.4 Å². The SMILES string of the molecule is COc1cc(C(=O)NN=Cc2ccnc3ccccc23)ccc1O. The van der Waals surface area contributed by atoms with Crippen molar-refractivity contribution in [3.05, 3.63) is 65.9 Å². The van der Waals surface area contributed by atoms with Gasteiger partial charge in [-0.3, -0.25) is 9.78 Å². The van der Waals surface area contributed by atoms with E-state index in [2.05, 4.69) is 15.5 Å². The lowest BCUT2D eigenvalue weighted by Crippen LogP contribution is -2.17. The maximum absolute atomic E-state index is 12.1. The maximum Gasteiger partial charge on any atom is 0.271 e. The largest absolute Gasteiger partial charge is 0.504 e. The summed E-state index contributed by atoms with van der Waals surface area (Å²) in [5, 5.41) is 14.5. The van der Waals surface area contributed by atoms with E-state index in [0.717, 1.165) is 16.5 Å². The van der Waals surface area contributed by atoms with E-state index in [1.54, 1.807) is 12.4 Å². The van der Waals surface area contributed by atoms with Gasteiger partial charge in [-0.2, -0.15) is 5.10 Å². The number of phenols is 1. The molecule has 2 N–H and O–H groups in total. The van der Waals surface area contributed by atoms with Gasteiger partial charge in [-0.1, -0.05) is 18.2 Å². The fraction of sp³-hybridized carbons (Fsp3) is 0.0556. The van der Waals surface area contributed by atoms with Crippen LogP contribution >= 0.6 is 0 Å². The summed E-state index contributed by atoms with van der Waals surface area (Å²) in [6.45, 7) is 0. The summed E-state index contributed by atoms with van der Waals surface area (Å²) in [5.74, 6) is -0.199. The Bertz CT molecular complexity index is 917. The molecule has 0 radical (unpaired) electrons. The number of amides is 1. The van der Waals surface area contributed by atoms with Crippen LogP contribution in [0.5, 0.6) is 11.5 Å². The first-order chi connectivity index (χ1) is 11.7. The molecule has 1 heterocycles. The summed E-state index contributed by atoms with van der Waals surface area (Å²) in [6, 6.07) is 13.8. The highest BCUT2D eigenvalue weighted by atomic mass is 16.5. The van der Waals surface area contributed by atoms with Crippen LogP contribution in [0.3, 0.4) is 0 Å². The third kappa shape index (κ3) is 3.17. The van der Waals surface area contributed by atoms with E-state index >= 15 is 0 Å². The number of aromatic nitrogens is 1. The highest BCUT2D eigenvalue weighted by molar-refractivity contribution is 5.99. The molecule has 24 heavy (non-hydrogen) atoms. The molecule has 0 unspecified atom stereocenters. The van der Waals surface area contributed by atoms with Gasteiger partial charge in [-0.15, -0.1) is 0 Å². The molecule has 3 rings (SSSR count). The number of fused-ring (bicyclic) bond motifs is 1. The molecule has 0 bridgehead atoms. The Morgan fingerprint density at radius 1 is 1.25 bits per heavy atom. The van der Waals surface area contributed by atoms with Crippen molar-refractivity contribution >= 4 is 23.0 Å². The van der Waals surface area contributed by atoms with Gasteiger partial charge >= 0.3 is 0 Å². The van der Waals surface area contributed by atoms with E-state index < -0.39 is 5.91 Å². The number of hydrogen-bond donors (Lipinski definition) is 2. The number of benzene rings is 2. The number of hydrazone groups is 1. The molecular formula is C18H15N3O3. The first kappa shape index (κ1) is 15.5. The smallest absolute Gasteiger partial charge is 0.271 e. The molecule has 3 aromatic rings. The number of ether oxygens (including phenoxy) is 1. The maximum atomic E-state index is 12.1. The van der Waals surface area contributed by atoms with Crippen LogP contribution in [0.1, 0.15) is 15.9 Å². The number of rotatable bonds is 4. The van der Waals surface area contributed by atoms with Crippen molar-refractivity contribution in [3.8, 4) is 11.5 Å². The summed E-state index contributed by atoms with van der Waals surface area (Å²) in [5.41, 5.74) is 4.50. The molecule has 0 aliphatic carbocycles. The van der Waals surface area contributed by atoms with E-state index in [1.165, 1.54) is 25.3 Å². The Hall–Kier alpha value is -3.41. The number of hydrogen-bond acceptors (Lipinski definition) is 5. The zero-order valence-corrected chi connectivity index (χ0v) is 12.9. The number of pyridine rings is 1. The van der Waals surface area contributed by atoms with Crippen molar-refractivity contribution in [2.24, 2.45) is 5.10 Å². The normalized spacial score (nSPS) is 10.9. The number of carbonyl (C=O) groups excluding carboxylic acids is 1. The van der Waals surface area contributed by atoms with Crippen molar-refractivity contribution in [3.63, 3.8) is 0 Å². The van der Waals surface area contributed by atoms with Gasteiger partial charge in [-0.05, 0) is 30.3 Å². The summed E-state index contributed by atoms with van der Waals surface area (Å²) in [6.07, 6.45) is 3.26. The van der Waals surface area contributed by atoms with Crippen LogP contribution in [0, 0.1) is 0 Å². The number of carbonyl (C=O) groups is 1. The van der Waals surface area contributed by atoms with Crippen LogP contribution in [-0.2, 0) is 0 Å². The second-order valence-electron chi connectivity index (χ2n) is 5.00. The lowest BCUT2D eigenvalue weighted by atomic mass is 10.1. The highest BCUT2D eigenvalue weighted by Gasteiger charge is 2.09. The van der Waals surface area contributed by atoms with E-state index in [0.29, 0.717) is 5.56 Å². The molecule has 0 atom stereocenters. The lowest BCUT2D eigenvalue weighted by molar-refractivity contribution is 0.0955. The monoisotopic (exact) mass is 321 g/mol. The summed E-state index contributed by atoms with van der Waals surface area (Å²) < 4.78 is 4.98. The van der Waals surface area contributed by atoms with Gasteiger partial charge in [0.05, 0.1) is 18.8 Å². The molecule has 1 amide bonds. The number of methoxy groups -OCH3 is 1. The van der Waals surface area contributed by atoms with E-state index in [4.69, 9.17) is 4.74 Å². The molecule has 0 fully saturated rings. The van der Waals surface area contributed by atoms with Crippen molar-refractivity contribution in [2.75, 3.05) is 7.11 Å². The third-order valence-electron chi connectivity index (χ3n) is 3.49. The summed E-state index contributed by atoms with van der Waals surface area (Å²) in [7, 11) is 1.42. The van der Waals surface area contributed by atoms with Crippen molar-refractivity contribution < 1.29 is 14.6 Å². The molecular weight excluding hydrogens is 306 g/mol.